The molecule has 0 radical (unpaired) electrons. The van der Waals surface area contributed by atoms with Gasteiger partial charge in [-0.2, -0.15) is 4.31 Å². The number of benzene rings is 1. The zero-order valence-corrected chi connectivity index (χ0v) is 14.0. The van der Waals surface area contributed by atoms with Gasteiger partial charge in [-0.05, 0) is 24.3 Å². The molecule has 1 N–H and O–H groups in total. The van der Waals surface area contributed by atoms with Gasteiger partial charge < -0.3 is 9.84 Å². The van der Waals surface area contributed by atoms with Crippen LogP contribution in [0.15, 0.2) is 29.2 Å². The fraction of sp³-hybridized carbons (Fsp3) is 0.538. The minimum atomic E-state index is -3.89. The lowest BCUT2D eigenvalue weighted by molar-refractivity contribution is 0.130. The zero-order chi connectivity index (χ0) is 16.5. The Bertz CT molecular complexity index is 726. The first-order valence-electron chi connectivity index (χ1n) is 6.75. The molecule has 1 saturated heterocycles. The molecule has 0 spiro atoms. The lowest BCUT2D eigenvalue weighted by atomic mass is 10.2. The molecule has 0 aliphatic carbocycles. The molecule has 1 aromatic rings. The molecule has 2 rings (SSSR count). The van der Waals surface area contributed by atoms with E-state index in [9.17, 15) is 21.9 Å². The highest BCUT2D eigenvalue weighted by atomic mass is 32.2. The van der Waals surface area contributed by atoms with Gasteiger partial charge in [0, 0.05) is 6.54 Å². The minimum absolute atomic E-state index is 0.0339. The van der Waals surface area contributed by atoms with Gasteiger partial charge in [-0.3, -0.25) is 0 Å². The summed E-state index contributed by atoms with van der Waals surface area (Å²) in [5.74, 6) is -0.255. The number of aliphatic hydroxyl groups excluding tert-OH is 1. The molecule has 7 nitrogen and oxygen atoms in total. The van der Waals surface area contributed by atoms with Crippen LogP contribution >= 0.6 is 0 Å². The Morgan fingerprint density at radius 1 is 1.27 bits per heavy atom. The molecule has 124 valence electrons. The second-order valence-electron chi connectivity index (χ2n) is 5.10. The molecule has 1 fully saturated rings. The highest BCUT2D eigenvalue weighted by Crippen LogP contribution is 2.26. The fourth-order valence-corrected chi connectivity index (χ4v) is 6.11. The van der Waals surface area contributed by atoms with Crippen molar-refractivity contribution in [3.8, 4) is 5.75 Å². The largest absolute Gasteiger partial charge is 0.497 e. The highest BCUT2D eigenvalue weighted by molar-refractivity contribution is 7.92. The third-order valence-corrected chi connectivity index (χ3v) is 7.35. The topological polar surface area (TPSA) is 101 Å². The summed E-state index contributed by atoms with van der Waals surface area (Å²) in [7, 11) is -5.84. The summed E-state index contributed by atoms with van der Waals surface area (Å²) >= 11 is 0. The molecule has 0 amide bonds. The van der Waals surface area contributed by atoms with Crippen LogP contribution in [0.1, 0.15) is 6.92 Å². The maximum atomic E-state index is 12.7. The molecule has 22 heavy (non-hydrogen) atoms. The summed E-state index contributed by atoms with van der Waals surface area (Å²) < 4.78 is 54.6. The Labute approximate surface area is 130 Å². The second-order valence-corrected chi connectivity index (χ2v) is 9.14. The molecule has 0 unspecified atom stereocenters. The number of aliphatic hydroxyl groups is 1. The molecule has 1 aliphatic heterocycles. The summed E-state index contributed by atoms with van der Waals surface area (Å²) in [4.78, 5) is 0.0339. The van der Waals surface area contributed by atoms with Crippen molar-refractivity contribution >= 4 is 19.9 Å². The number of ether oxygens (including phenoxy) is 1. The summed E-state index contributed by atoms with van der Waals surface area (Å²) in [5, 5.41) is 9.91. The summed E-state index contributed by atoms with van der Waals surface area (Å²) in [6.45, 7) is 1.68. The maximum absolute atomic E-state index is 12.7. The maximum Gasteiger partial charge on any atom is 0.243 e. The van der Waals surface area contributed by atoms with E-state index in [4.69, 9.17) is 4.74 Å². The van der Waals surface area contributed by atoms with Crippen molar-refractivity contribution in [1.29, 1.82) is 0 Å². The number of hydrogen-bond acceptors (Lipinski definition) is 6. The zero-order valence-electron chi connectivity index (χ0n) is 12.3. The number of likely N-dealkylation sites (N-methyl/N-ethyl adjacent to an activating group) is 1. The average Bonchev–Trinajstić information content (AvgIpc) is 2.72. The number of methoxy groups -OCH3 is 1. The normalized spacial score (nSPS) is 24.5. The van der Waals surface area contributed by atoms with Gasteiger partial charge in [-0.25, -0.2) is 16.8 Å². The van der Waals surface area contributed by atoms with Crippen LogP contribution in [0.2, 0.25) is 0 Å². The van der Waals surface area contributed by atoms with Crippen LogP contribution in [-0.2, 0) is 19.9 Å². The number of sulfonamides is 1. The van der Waals surface area contributed by atoms with Crippen molar-refractivity contribution in [1.82, 2.24) is 4.31 Å². The SMILES string of the molecule is CCN([C@@H]1CS(=O)(=O)C[C@@H]1O)S(=O)(=O)c1ccc(OC)cc1. The van der Waals surface area contributed by atoms with E-state index in [0.717, 1.165) is 4.31 Å². The Balaban J connectivity index is 2.36. The summed E-state index contributed by atoms with van der Waals surface area (Å²) in [6.07, 6.45) is -1.21. The third kappa shape index (κ3) is 3.27. The van der Waals surface area contributed by atoms with E-state index in [2.05, 4.69) is 0 Å². The molecule has 1 aliphatic rings. The van der Waals surface area contributed by atoms with E-state index < -0.39 is 37.8 Å². The van der Waals surface area contributed by atoms with E-state index in [1.807, 2.05) is 0 Å². The predicted octanol–water partition coefficient (Wildman–Crippen LogP) is -0.136. The van der Waals surface area contributed by atoms with Crippen molar-refractivity contribution in [2.75, 3.05) is 25.2 Å². The van der Waals surface area contributed by atoms with Gasteiger partial charge in [0.05, 0.1) is 35.7 Å². The Morgan fingerprint density at radius 2 is 1.86 bits per heavy atom. The van der Waals surface area contributed by atoms with Crippen molar-refractivity contribution in [2.45, 2.75) is 24.0 Å². The van der Waals surface area contributed by atoms with Gasteiger partial charge in [-0.15, -0.1) is 0 Å². The van der Waals surface area contributed by atoms with E-state index in [1.165, 1.54) is 31.4 Å². The molecule has 0 aromatic heterocycles. The Kier molecular flexibility index (Phi) is 4.81. The van der Waals surface area contributed by atoms with Crippen LogP contribution in [0.5, 0.6) is 5.75 Å². The standard InChI is InChI=1S/C13H19NO6S2/c1-3-14(12-8-21(16,17)9-13(12)15)22(18,19)11-6-4-10(20-2)5-7-11/h4-7,12-13,15H,3,8-9H2,1-2H3/t12-,13+/m1/s1. The number of nitrogens with zero attached hydrogens (tertiary/aromatic N) is 1. The van der Waals surface area contributed by atoms with Crippen molar-refractivity contribution in [3.05, 3.63) is 24.3 Å². The van der Waals surface area contributed by atoms with Crippen molar-refractivity contribution in [2.24, 2.45) is 0 Å². The molecule has 9 heteroatoms. The lowest BCUT2D eigenvalue weighted by Crippen LogP contribution is -2.46. The molecular weight excluding hydrogens is 330 g/mol. The summed E-state index contributed by atoms with van der Waals surface area (Å²) in [6, 6.07) is 4.87. The van der Waals surface area contributed by atoms with Gasteiger partial charge in [-0.1, -0.05) is 6.92 Å². The van der Waals surface area contributed by atoms with Crippen LogP contribution < -0.4 is 4.74 Å². The quantitative estimate of drug-likeness (QED) is 0.794. The number of hydrogen-bond donors (Lipinski definition) is 1. The molecule has 1 heterocycles. The van der Waals surface area contributed by atoms with Crippen LogP contribution in [-0.4, -0.2) is 63.6 Å². The van der Waals surface area contributed by atoms with E-state index >= 15 is 0 Å². The second kappa shape index (κ2) is 6.15. The van der Waals surface area contributed by atoms with Crippen LogP contribution in [0.25, 0.3) is 0 Å². The van der Waals surface area contributed by atoms with E-state index in [-0.39, 0.29) is 17.2 Å². The minimum Gasteiger partial charge on any atom is -0.497 e. The summed E-state index contributed by atoms with van der Waals surface area (Å²) in [5.41, 5.74) is 0. The third-order valence-electron chi connectivity index (χ3n) is 3.64. The monoisotopic (exact) mass is 349 g/mol. The molecule has 1 aromatic carbocycles. The smallest absolute Gasteiger partial charge is 0.243 e. The lowest BCUT2D eigenvalue weighted by Gasteiger charge is -2.28. The highest BCUT2D eigenvalue weighted by Gasteiger charge is 2.44. The molecule has 2 atom stereocenters. The van der Waals surface area contributed by atoms with Crippen LogP contribution in [0, 0.1) is 0 Å². The Hall–Kier alpha value is -1.16. The number of rotatable bonds is 5. The predicted molar refractivity (Wildman–Crippen MR) is 81.0 cm³/mol. The Morgan fingerprint density at radius 3 is 2.27 bits per heavy atom. The van der Waals surface area contributed by atoms with Crippen molar-refractivity contribution in [3.63, 3.8) is 0 Å². The molecule has 0 saturated carbocycles. The van der Waals surface area contributed by atoms with Gasteiger partial charge >= 0.3 is 0 Å². The first-order valence-corrected chi connectivity index (χ1v) is 10.0. The molecular formula is C13H19NO6S2. The van der Waals surface area contributed by atoms with Crippen molar-refractivity contribution < 1.29 is 26.7 Å². The van der Waals surface area contributed by atoms with Gasteiger partial charge in [0.1, 0.15) is 5.75 Å². The van der Waals surface area contributed by atoms with Gasteiger partial charge in [0.25, 0.3) is 0 Å². The number of sulfone groups is 1. The molecule has 0 bridgehead atoms. The van der Waals surface area contributed by atoms with Crippen LogP contribution in [0.4, 0.5) is 0 Å². The first-order chi connectivity index (χ1) is 10.2. The first kappa shape index (κ1) is 17.2. The van der Waals surface area contributed by atoms with Gasteiger partial charge in [0.2, 0.25) is 10.0 Å². The van der Waals surface area contributed by atoms with E-state index in [0.29, 0.717) is 5.75 Å². The average molecular weight is 349 g/mol. The van der Waals surface area contributed by atoms with E-state index in [1.54, 1.807) is 6.92 Å². The fourth-order valence-electron chi connectivity index (χ4n) is 2.55. The van der Waals surface area contributed by atoms with Crippen LogP contribution in [0.3, 0.4) is 0 Å². The van der Waals surface area contributed by atoms with Gasteiger partial charge in [0.15, 0.2) is 9.84 Å².